The van der Waals surface area contributed by atoms with Crippen LogP contribution in [0, 0.1) is 11.6 Å². The molecule has 20 heavy (non-hydrogen) atoms. The number of para-hydroxylation sites is 1. The van der Waals surface area contributed by atoms with Crippen LogP contribution in [-0.4, -0.2) is 22.8 Å². The average molecular weight is 296 g/mol. The normalized spacial score (nSPS) is 10.4. The first-order chi connectivity index (χ1) is 9.63. The minimum atomic E-state index is -0.667. The second-order valence-corrected chi connectivity index (χ2v) is 4.65. The summed E-state index contributed by atoms with van der Waals surface area (Å²) in [5.74, 6) is -0.394. The molecule has 0 aliphatic rings. The first-order valence-corrected chi connectivity index (χ1v) is 7.24. The van der Waals surface area contributed by atoms with Gasteiger partial charge in [0.2, 0.25) is 0 Å². The number of hydrogen-bond acceptors (Lipinski definition) is 5. The van der Waals surface area contributed by atoms with Crippen LogP contribution in [0.15, 0.2) is 29.4 Å². The van der Waals surface area contributed by atoms with E-state index in [2.05, 4.69) is 20.6 Å². The second-order valence-electron chi connectivity index (χ2n) is 3.88. The van der Waals surface area contributed by atoms with E-state index in [1.165, 1.54) is 30.0 Å². The van der Waals surface area contributed by atoms with Crippen LogP contribution in [0.2, 0.25) is 0 Å². The summed E-state index contributed by atoms with van der Waals surface area (Å²) in [4.78, 5) is 8.42. The molecule has 0 fully saturated rings. The molecule has 4 nitrogen and oxygen atoms in total. The highest BCUT2D eigenvalue weighted by atomic mass is 32.2. The fourth-order valence-corrected chi connectivity index (χ4v) is 1.98. The molecule has 0 radical (unpaired) electrons. The van der Waals surface area contributed by atoms with Gasteiger partial charge in [-0.05, 0) is 25.3 Å². The summed E-state index contributed by atoms with van der Waals surface area (Å²) < 4.78 is 27.2. The lowest BCUT2D eigenvalue weighted by molar-refractivity contribution is 0.590. The van der Waals surface area contributed by atoms with Gasteiger partial charge in [0.15, 0.2) is 5.16 Å². The van der Waals surface area contributed by atoms with E-state index in [1.54, 1.807) is 6.07 Å². The van der Waals surface area contributed by atoms with Gasteiger partial charge in [0.25, 0.3) is 0 Å². The summed E-state index contributed by atoms with van der Waals surface area (Å²) in [5.41, 5.74) is -0.222. The highest BCUT2D eigenvalue weighted by Crippen LogP contribution is 2.24. The van der Waals surface area contributed by atoms with Crippen molar-refractivity contribution in [2.45, 2.75) is 12.1 Å². The van der Waals surface area contributed by atoms with Crippen molar-refractivity contribution in [2.24, 2.45) is 0 Å². The van der Waals surface area contributed by atoms with Gasteiger partial charge in [-0.2, -0.15) is 0 Å². The zero-order chi connectivity index (χ0) is 14.5. The number of thioether (sulfide) groups is 1. The Labute approximate surface area is 120 Å². The van der Waals surface area contributed by atoms with Crippen molar-refractivity contribution in [3.8, 4) is 0 Å². The Morgan fingerprint density at radius 1 is 1.15 bits per heavy atom. The largest absolute Gasteiger partial charge is 0.370 e. The number of aromatic nitrogens is 2. The van der Waals surface area contributed by atoms with Crippen LogP contribution in [0.4, 0.5) is 26.1 Å². The Balaban J connectivity index is 2.35. The van der Waals surface area contributed by atoms with Crippen molar-refractivity contribution in [3.63, 3.8) is 0 Å². The number of nitrogens with one attached hydrogen (secondary N) is 2. The van der Waals surface area contributed by atoms with Gasteiger partial charge in [-0.25, -0.2) is 18.7 Å². The molecule has 0 aliphatic carbocycles. The van der Waals surface area contributed by atoms with E-state index >= 15 is 0 Å². The van der Waals surface area contributed by atoms with Gasteiger partial charge in [0.05, 0.1) is 0 Å². The van der Waals surface area contributed by atoms with Crippen LogP contribution in [-0.2, 0) is 0 Å². The second kappa shape index (κ2) is 6.51. The van der Waals surface area contributed by atoms with Gasteiger partial charge < -0.3 is 10.6 Å². The van der Waals surface area contributed by atoms with E-state index in [0.717, 1.165) is 0 Å². The molecule has 0 bridgehead atoms. The zero-order valence-electron chi connectivity index (χ0n) is 11.1. The van der Waals surface area contributed by atoms with Crippen molar-refractivity contribution in [3.05, 3.63) is 35.9 Å². The Bertz CT molecular complexity index is 587. The maximum Gasteiger partial charge on any atom is 0.191 e. The van der Waals surface area contributed by atoms with Crippen LogP contribution < -0.4 is 10.6 Å². The van der Waals surface area contributed by atoms with Gasteiger partial charge >= 0.3 is 0 Å². The highest BCUT2D eigenvalue weighted by molar-refractivity contribution is 7.98. The Kier molecular flexibility index (Phi) is 4.73. The first-order valence-electron chi connectivity index (χ1n) is 6.02. The molecule has 7 heteroatoms. The number of benzene rings is 1. The molecule has 1 aromatic carbocycles. The van der Waals surface area contributed by atoms with Crippen molar-refractivity contribution < 1.29 is 8.78 Å². The Morgan fingerprint density at radius 3 is 2.40 bits per heavy atom. The average Bonchev–Trinajstić information content (AvgIpc) is 2.43. The summed E-state index contributed by atoms with van der Waals surface area (Å²) in [6.07, 6.45) is 1.83. The maximum absolute atomic E-state index is 13.6. The third-order valence-electron chi connectivity index (χ3n) is 2.46. The number of halogens is 2. The lowest BCUT2D eigenvalue weighted by Gasteiger charge is -2.11. The number of anilines is 3. The van der Waals surface area contributed by atoms with E-state index in [9.17, 15) is 8.78 Å². The van der Waals surface area contributed by atoms with Crippen LogP contribution in [0.5, 0.6) is 0 Å². The molecule has 0 atom stereocenters. The van der Waals surface area contributed by atoms with Crippen LogP contribution >= 0.6 is 11.8 Å². The SMILES string of the molecule is CCNc1cc(Nc2c(F)cccc2F)nc(SC)n1. The molecule has 2 aromatic rings. The predicted octanol–water partition coefficient (Wildman–Crippen LogP) is 3.65. The molecular formula is C13H14F2N4S. The van der Waals surface area contributed by atoms with Gasteiger partial charge in [0, 0.05) is 12.6 Å². The van der Waals surface area contributed by atoms with Crippen molar-refractivity contribution in [2.75, 3.05) is 23.4 Å². The molecule has 1 heterocycles. The molecule has 2 N–H and O–H groups in total. The zero-order valence-corrected chi connectivity index (χ0v) is 11.9. The van der Waals surface area contributed by atoms with Gasteiger partial charge in [-0.1, -0.05) is 17.8 Å². The molecular weight excluding hydrogens is 282 g/mol. The number of hydrogen-bond donors (Lipinski definition) is 2. The summed E-state index contributed by atoms with van der Waals surface area (Å²) >= 11 is 1.35. The van der Waals surface area contributed by atoms with E-state index in [0.29, 0.717) is 23.3 Å². The monoisotopic (exact) mass is 296 g/mol. The molecule has 2 rings (SSSR count). The van der Waals surface area contributed by atoms with Crippen LogP contribution in [0.25, 0.3) is 0 Å². The molecule has 0 saturated carbocycles. The number of nitrogens with zero attached hydrogens (tertiary/aromatic N) is 2. The molecule has 0 aliphatic heterocycles. The third kappa shape index (κ3) is 3.36. The maximum atomic E-state index is 13.6. The third-order valence-corrected chi connectivity index (χ3v) is 3.01. The van der Waals surface area contributed by atoms with E-state index in [4.69, 9.17) is 0 Å². The molecule has 0 spiro atoms. The molecule has 0 saturated heterocycles. The van der Waals surface area contributed by atoms with Crippen molar-refractivity contribution in [1.29, 1.82) is 0 Å². The minimum absolute atomic E-state index is 0.222. The quantitative estimate of drug-likeness (QED) is 0.651. The van der Waals surface area contributed by atoms with Crippen molar-refractivity contribution >= 4 is 29.1 Å². The van der Waals surface area contributed by atoms with Crippen LogP contribution in [0.1, 0.15) is 6.92 Å². The standard InChI is InChI=1S/C13H14F2N4S/c1-3-16-10-7-11(19-13(18-10)20-2)17-12-8(14)5-4-6-9(12)15/h4-7H,3H2,1-2H3,(H2,16,17,18,19). The number of rotatable bonds is 5. The fourth-order valence-electron chi connectivity index (χ4n) is 1.60. The van der Waals surface area contributed by atoms with E-state index in [-0.39, 0.29) is 5.69 Å². The molecule has 0 unspecified atom stereocenters. The molecule has 1 aromatic heterocycles. The topological polar surface area (TPSA) is 49.8 Å². The van der Waals surface area contributed by atoms with Gasteiger partial charge in [-0.3, -0.25) is 0 Å². The molecule has 0 amide bonds. The molecule has 106 valence electrons. The summed E-state index contributed by atoms with van der Waals surface area (Å²) in [5, 5.41) is 6.22. The predicted molar refractivity (Wildman–Crippen MR) is 77.6 cm³/mol. The summed E-state index contributed by atoms with van der Waals surface area (Å²) in [6, 6.07) is 5.29. The minimum Gasteiger partial charge on any atom is -0.370 e. The lowest BCUT2D eigenvalue weighted by Crippen LogP contribution is -2.05. The first kappa shape index (κ1) is 14.5. The van der Waals surface area contributed by atoms with Crippen molar-refractivity contribution in [1.82, 2.24) is 9.97 Å². The van der Waals surface area contributed by atoms with Gasteiger partial charge in [-0.15, -0.1) is 0 Å². The van der Waals surface area contributed by atoms with E-state index < -0.39 is 11.6 Å². The Hall–Kier alpha value is -1.89. The Morgan fingerprint density at radius 2 is 1.80 bits per heavy atom. The van der Waals surface area contributed by atoms with Gasteiger partial charge in [0.1, 0.15) is 29.0 Å². The van der Waals surface area contributed by atoms with Crippen LogP contribution in [0.3, 0.4) is 0 Å². The summed E-state index contributed by atoms with van der Waals surface area (Å²) in [7, 11) is 0. The smallest absolute Gasteiger partial charge is 0.191 e. The lowest BCUT2D eigenvalue weighted by atomic mass is 10.3. The summed E-state index contributed by atoms with van der Waals surface area (Å²) in [6.45, 7) is 2.63. The fraction of sp³-hybridized carbons (Fsp3) is 0.231. The van der Waals surface area contributed by atoms with E-state index in [1.807, 2.05) is 13.2 Å². The highest BCUT2D eigenvalue weighted by Gasteiger charge is 2.11.